The summed E-state index contributed by atoms with van der Waals surface area (Å²) in [4.78, 5) is 0. The third-order valence-electron chi connectivity index (χ3n) is 2.54. The molecule has 0 radical (unpaired) electrons. The summed E-state index contributed by atoms with van der Waals surface area (Å²) in [6.45, 7) is 0.280. The molecule has 1 N–H and O–H groups in total. The number of hydrogen-bond acceptors (Lipinski definition) is 2. The molecule has 2 aliphatic rings. The van der Waals surface area contributed by atoms with Gasteiger partial charge < -0.3 is 9.84 Å². The van der Waals surface area contributed by atoms with E-state index in [1.807, 2.05) is 0 Å². The van der Waals surface area contributed by atoms with Crippen molar-refractivity contribution >= 4 is 0 Å². The Hall–Kier alpha value is -0.0800. The van der Waals surface area contributed by atoms with E-state index in [0.717, 1.165) is 12.3 Å². The predicted molar refractivity (Wildman–Crippen MR) is 37.7 cm³/mol. The van der Waals surface area contributed by atoms with Gasteiger partial charge in [-0.15, -0.1) is 0 Å². The first kappa shape index (κ1) is 6.62. The molecule has 2 rings (SSSR count). The van der Waals surface area contributed by atoms with Crippen molar-refractivity contribution in [3.05, 3.63) is 0 Å². The Bertz CT molecular complexity index is 124. The molecule has 10 heavy (non-hydrogen) atoms. The fraction of sp³-hybridized carbons (Fsp3) is 1.00. The van der Waals surface area contributed by atoms with Gasteiger partial charge in [-0.3, -0.25) is 0 Å². The van der Waals surface area contributed by atoms with E-state index in [1.54, 1.807) is 0 Å². The van der Waals surface area contributed by atoms with Gasteiger partial charge in [0, 0.05) is 6.61 Å². The van der Waals surface area contributed by atoms with Crippen molar-refractivity contribution in [3.63, 3.8) is 0 Å². The van der Waals surface area contributed by atoms with Crippen LogP contribution in [0.25, 0.3) is 0 Å². The van der Waals surface area contributed by atoms with E-state index < -0.39 is 0 Å². The van der Waals surface area contributed by atoms with E-state index in [-0.39, 0.29) is 6.61 Å². The molecular formula is C8H14O2. The summed E-state index contributed by atoms with van der Waals surface area (Å²) in [7, 11) is 0. The third-order valence-corrected chi connectivity index (χ3v) is 2.54. The van der Waals surface area contributed by atoms with Gasteiger partial charge in [0.05, 0.1) is 12.2 Å². The number of aliphatic hydroxyl groups is 1. The molecule has 0 aromatic carbocycles. The highest BCUT2D eigenvalue weighted by Gasteiger charge is 2.43. The van der Waals surface area contributed by atoms with Gasteiger partial charge in [-0.05, 0) is 31.6 Å². The van der Waals surface area contributed by atoms with Gasteiger partial charge in [0.1, 0.15) is 0 Å². The quantitative estimate of drug-likeness (QED) is 0.621. The van der Waals surface area contributed by atoms with Gasteiger partial charge in [-0.2, -0.15) is 0 Å². The molecule has 0 amide bonds. The molecule has 0 bridgehead atoms. The maximum Gasteiger partial charge on any atom is 0.0611 e. The molecule has 3 unspecified atom stereocenters. The minimum Gasteiger partial charge on any atom is -0.396 e. The van der Waals surface area contributed by atoms with Gasteiger partial charge in [0.25, 0.3) is 0 Å². The molecule has 0 spiro atoms. The SMILES string of the molecule is OCCC1CCC2CC2O1. The molecule has 1 aliphatic carbocycles. The smallest absolute Gasteiger partial charge is 0.0611 e. The number of aliphatic hydroxyl groups excluding tert-OH is 1. The number of hydrogen-bond donors (Lipinski definition) is 1. The van der Waals surface area contributed by atoms with Crippen LogP contribution in [0.1, 0.15) is 25.7 Å². The first-order valence-electron chi connectivity index (χ1n) is 4.16. The molecule has 2 fully saturated rings. The Balaban J connectivity index is 1.77. The lowest BCUT2D eigenvalue weighted by molar-refractivity contribution is -0.0108. The summed E-state index contributed by atoms with van der Waals surface area (Å²) < 4.78 is 5.64. The average molecular weight is 142 g/mol. The lowest BCUT2D eigenvalue weighted by Gasteiger charge is -2.20. The molecule has 1 aliphatic heterocycles. The van der Waals surface area contributed by atoms with Gasteiger partial charge in [0.2, 0.25) is 0 Å². The minimum absolute atomic E-state index is 0.280. The Morgan fingerprint density at radius 2 is 2.30 bits per heavy atom. The summed E-state index contributed by atoms with van der Waals surface area (Å²) in [5.74, 6) is 0.884. The van der Waals surface area contributed by atoms with Crippen molar-refractivity contribution < 1.29 is 9.84 Å². The second-order valence-corrected chi connectivity index (χ2v) is 3.38. The summed E-state index contributed by atoms with van der Waals surface area (Å²) in [6.07, 6.45) is 5.56. The lowest BCUT2D eigenvalue weighted by atomic mass is 10.1. The normalized spacial score (nSPS) is 44.7. The number of fused-ring (bicyclic) bond motifs is 1. The zero-order valence-corrected chi connectivity index (χ0v) is 6.12. The molecule has 3 atom stereocenters. The molecule has 2 heteroatoms. The van der Waals surface area contributed by atoms with Crippen LogP contribution in [0, 0.1) is 5.92 Å². The Morgan fingerprint density at radius 1 is 1.40 bits per heavy atom. The maximum atomic E-state index is 8.64. The fourth-order valence-corrected chi connectivity index (χ4v) is 1.76. The molecule has 1 saturated carbocycles. The molecule has 0 aromatic heterocycles. The first-order chi connectivity index (χ1) is 4.90. The van der Waals surface area contributed by atoms with Gasteiger partial charge >= 0.3 is 0 Å². The molecule has 58 valence electrons. The van der Waals surface area contributed by atoms with Gasteiger partial charge in [0.15, 0.2) is 0 Å². The van der Waals surface area contributed by atoms with Crippen LogP contribution in [-0.4, -0.2) is 23.9 Å². The van der Waals surface area contributed by atoms with Crippen LogP contribution in [0.15, 0.2) is 0 Å². The van der Waals surface area contributed by atoms with Crippen LogP contribution >= 0.6 is 0 Å². The van der Waals surface area contributed by atoms with Crippen molar-refractivity contribution in [1.29, 1.82) is 0 Å². The minimum atomic E-state index is 0.280. The highest BCUT2D eigenvalue weighted by molar-refractivity contribution is 4.92. The standard InChI is InChI=1S/C8H14O2/c9-4-3-7-2-1-6-5-8(6)10-7/h6-9H,1-5H2. The van der Waals surface area contributed by atoms with E-state index in [4.69, 9.17) is 9.84 Å². The highest BCUT2D eigenvalue weighted by atomic mass is 16.5. The second-order valence-electron chi connectivity index (χ2n) is 3.38. The number of rotatable bonds is 2. The molecule has 0 aromatic rings. The van der Waals surface area contributed by atoms with E-state index in [0.29, 0.717) is 12.2 Å². The van der Waals surface area contributed by atoms with Crippen LogP contribution in [0.3, 0.4) is 0 Å². The van der Waals surface area contributed by atoms with E-state index >= 15 is 0 Å². The Kier molecular flexibility index (Phi) is 1.66. The topological polar surface area (TPSA) is 29.5 Å². The van der Waals surface area contributed by atoms with Crippen LogP contribution in [-0.2, 0) is 4.74 Å². The van der Waals surface area contributed by atoms with Gasteiger partial charge in [-0.1, -0.05) is 0 Å². The van der Waals surface area contributed by atoms with E-state index in [9.17, 15) is 0 Å². The number of ether oxygens (including phenoxy) is 1. The summed E-state index contributed by atoms with van der Waals surface area (Å²) in [6, 6.07) is 0. The van der Waals surface area contributed by atoms with Crippen molar-refractivity contribution in [2.24, 2.45) is 5.92 Å². The van der Waals surface area contributed by atoms with Crippen LogP contribution in [0.2, 0.25) is 0 Å². The summed E-state index contributed by atoms with van der Waals surface area (Å²) in [5, 5.41) is 8.64. The lowest BCUT2D eigenvalue weighted by Crippen LogP contribution is -2.21. The van der Waals surface area contributed by atoms with Crippen molar-refractivity contribution in [2.45, 2.75) is 37.9 Å². The van der Waals surface area contributed by atoms with E-state index in [1.165, 1.54) is 19.3 Å². The average Bonchev–Trinajstić information content (AvgIpc) is 2.66. The third kappa shape index (κ3) is 1.18. The predicted octanol–water partition coefficient (Wildman–Crippen LogP) is 0.936. The summed E-state index contributed by atoms with van der Waals surface area (Å²) >= 11 is 0. The zero-order valence-electron chi connectivity index (χ0n) is 6.12. The van der Waals surface area contributed by atoms with Crippen LogP contribution < -0.4 is 0 Å². The van der Waals surface area contributed by atoms with Crippen LogP contribution in [0.5, 0.6) is 0 Å². The van der Waals surface area contributed by atoms with Crippen molar-refractivity contribution in [3.8, 4) is 0 Å². The zero-order chi connectivity index (χ0) is 6.97. The van der Waals surface area contributed by atoms with Crippen molar-refractivity contribution in [2.75, 3.05) is 6.61 Å². The van der Waals surface area contributed by atoms with Crippen LogP contribution in [0.4, 0.5) is 0 Å². The molecular weight excluding hydrogens is 128 g/mol. The Morgan fingerprint density at radius 3 is 3.00 bits per heavy atom. The monoisotopic (exact) mass is 142 g/mol. The first-order valence-corrected chi connectivity index (χ1v) is 4.16. The molecule has 1 heterocycles. The summed E-state index contributed by atoms with van der Waals surface area (Å²) in [5.41, 5.74) is 0. The maximum absolute atomic E-state index is 8.64. The molecule has 2 nitrogen and oxygen atoms in total. The molecule has 1 saturated heterocycles. The highest BCUT2D eigenvalue weighted by Crippen LogP contribution is 2.43. The van der Waals surface area contributed by atoms with Crippen molar-refractivity contribution in [1.82, 2.24) is 0 Å². The largest absolute Gasteiger partial charge is 0.396 e. The van der Waals surface area contributed by atoms with Gasteiger partial charge in [-0.25, -0.2) is 0 Å². The fourth-order valence-electron chi connectivity index (χ4n) is 1.76. The second kappa shape index (κ2) is 2.51. The van der Waals surface area contributed by atoms with E-state index in [2.05, 4.69) is 0 Å². The Labute approximate surface area is 61.2 Å².